The summed E-state index contributed by atoms with van der Waals surface area (Å²) in [6.07, 6.45) is -4.22. The molecule has 15 heteroatoms. The third-order valence-electron chi connectivity index (χ3n) is 12.6. The number of carboxylic acid groups (broad SMARTS) is 1. The molecule has 0 unspecified atom stereocenters. The first-order valence-electron chi connectivity index (χ1n) is 19.1. The van der Waals surface area contributed by atoms with Crippen LogP contribution in [0.1, 0.15) is 114 Å². The number of aliphatic hydroxyl groups excluding tert-OH is 4. The highest BCUT2D eigenvalue weighted by Gasteiger charge is 2.57. The van der Waals surface area contributed by atoms with Crippen molar-refractivity contribution in [2.24, 2.45) is 23.2 Å². The van der Waals surface area contributed by atoms with E-state index in [0.29, 0.717) is 41.6 Å². The molecule has 1 heterocycles. The van der Waals surface area contributed by atoms with Crippen LogP contribution in [0.4, 0.5) is 22.0 Å². The Labute approximate surface area is 310 Å². The Morgan fingerprint density at radius 3 is 2.25 bits per heavy atom. The lowest BCUT2D eigenvalue weighted by Crippen LogP contribution is -2.61. The summed E-state index contributed by atoms with van der Waals surface area (Å²) in [5.41, 5.74) is 2.24. The van der Waals surface area contributed by atoms with E-state index in [9.17, 15) is 56.5 Å². The maximum Gasteiger partial charge on any atom is 0.453 e. The standard InChI is InChI=1S/C38H55F5O9S/c1-36-17-15-26-25-12-11-24(51-35-32(47)30(45)31(46)33(52-35)34(48)49)21-23(25)20-22(29(26)27(36)13-14-28(36)44)10-7-5-3-2-4-6-8-18-53(50)19-9-16-37(39,40)38(41,42)43/h11-12,21-22,26-33,35,44-47H,2-10,13-20H2,1H3,(H,48,49)/t22-,26-,27+,28-,29+,30-,31-,32-,33-,35+,36-,53-/m0/s1. The zero-order valence-corrected chi connectivity index (χ0v) is 31.0. The van der Waals surface area contributed by atoms with Gasteiger partial charge in [-0.1, -0.05) is 51.5 Å². The Balaban J connectivity index is 1.12. The summed E-state index contributed by atoms with van der Waals surface area (Å²) in [7, 11) is -1.41. The van der Waals surface area contributed by atoms with Crippen molar-refractivity contribution < 1.29 is 66.0 Å². The average Bonchev–Trinajstić information content (AvgIpc) is 3.40. The number of rotatable bonds is 17. The summed E-state index contributed by atoms with van der Waals surface area (Å²) in [6.45, 7) is 2.24. The number of carboxylic acids is 1. The Bertz CT molecular complexity index is 1410. The van der Waals surface area contributed by atoms with Gasteiger partial charge in [-0.3, -0.25) is 4.21 Å². The van der Waals surface area contributed by atoms with E-state index in [1.807, 2.05) is 12.1 Å². The van der Waals surface area contributed by atoms with Gasteiger partial charge in [0.1, 0.15) is 24.1 Å². The van der Waals surface area contributed by atoms with E-state index >= 15 is 0 Å². The van der Waals surface area contributed by atoms with E-state index in [1.54, 1.807) is 6.07 Å². The van der Waals surface area contributed by atoms with Gasteiger partial charge in [-0.25, -0.2) is 4.79 Å². The van der Waals surface area contributed by atoms with Crippen molar-refractivity contribution in [1.82, 2.24) is 0 Å². The van der Waals surface area contributed by atoms with Gasteiger partial charge < -0.3 is 35.0 Å². The van der Waals surface area contributed by atoms with Crippen LogP contribution >= 0.6 is 0 Å². The smallest absolute Gasteiger partial charge is 0.453 e. The Kier molecular flexibility index (Phi) is 13.9. The molecule has 53 heavy (non-hydrogen) atoms. The van der Waals surface area contributed by atoms with Crippen LogP contribution in [0, 0.1) is 23.2 Å². The largest absolute Gasteiger partial charge is 0.479 e. The Hall–Kier alpha value is -1.91. The Morgan fingerprint density at radius 1 is 0.906 bits per heavy atom. The number of carbonyl (C=O) groups is 1. The summed E-state index contributed by atoms with van der Waals surface area (Å²) in [5, 5.41) is 51.2. The lowest BCUT2D eigenvalue weighted by atomic mass is 9.52. The van der Waals surface area contributed by atoms with Gasteiger partial charge in [0.15, 0.2) is 6.10 Å². The van der Waals surface area contributed by atoms with Crippen molar-refractivity contribution in [1.29, 1.82) is 0 Å². The van der Waals surface area contributed by atoms with Gasteiger partial charge in [0, 0.05) is 28.7 Å². The minimum absolute atomic E-state index is 0.113. The number of benzene rings is 1. The van der Waals surface area contributed by atoms with Crippen LogP contribution in [-0.4, -0.2) is 96.1 Å². The molecule has 5 rings (SSSR count). The lowest BCUT2D eigenvalue weighted by molar-refractivity contribution is -0.284. The molecule has 1 aromatic rings. The topological polar surface area (TPSA) is 154 Å². The van der Waals surface area contributed by atoms with Crippen molar-refractivity contribution in [3.8, 4) is 5.75 Å². The van der Waals surface area contributed by atoms with Crippen LogP contribution in [0.25, 0.3) is 0 Å². The molecule has 0 spiro atoms. The fourth-order valence-electron chi connectivity index (χ4n) is 9.63. The fraction of sp³-hybridized carbons (Fsp3) is 0.816. The number of alkyl halides is 5. The highest BCUT2D eigenvalue weighted by Crippen LogP contribution is 2.63. The third-order valence-corrected chi connectivity index (χ3v) is 14.1. The molecule has 2 saturated carbocycles. The molecule has 0 bridgehead atoms. The van der Waals surface area contributed by atoms with Gasteiger partial charge in [-0.2, -0.15) is 22.0 Å². The molecule has 1 aromatic carbocycles. The van der Waals surface area contributed by atoms with E-state index in [1.165, 1.54) is 5.56 Å². The molecule has 12 atom stereocenters. The van der Waals surface area contributed by atoms with Crippen LogP contribution in [0.5, 0.6) is 5.75 Å². The highest BCUT2D eigenvalue weighted by molar-refractivity contribution is 7.84. The zero-order chi connectivity index (χ0) is 38.7. The fourth-order valence-corrected chi connectivity index (χ4v) is 10.8. The van der Waals surface area contributed by atoms with Gasteiger partial charge in [-0.05, 0) is 104 Å². The number of hydrogen-bond donors (Lipinski definition) is 5. The van der Waals surface area contributed by atoms with Crippen molar-refractivity contribution in [3.05, 3.63) is 29.3 Å². The van der Waals surface area contributed by atoms with E-state index in [4.69, 9.17) is 9.47 Å². The molecule has 3 aliphatic carbocycles. The molecule has 0 radical (unpaired) electrons. The quantitative estimate of drug-likeness (QED) is 0.0913. The third kappa shape index (κ3) is 9.56. The Morgan fingerprint density at radius 2 is 1.57 bits per heavy atom. The van der Waals surface area contributed by atoms with Crippen molar-refractivity contribution in [2.45, 2.75) is 158 Å². The number of fused-ring (bicyclic) bond motifs is 5. The van der Waals surface area contributed by atoms with E-state index in [2.05, 4.69) is 6.92 Å². The molecule has 1 aliphatic heterocycles. The molecule has 5 N–H and O–H groups in total. The van der Waals surface area contributed by atoms with Crippen LogP contribution in [0.15, 0.2) is 18.2 Å². The van der Waals surface area contributed by atoms with E-state index in [-0.39, 0.29) is 17.3 Å². The molecule has 4 aliphatic rings. The average molecular weight is 783 g/mol. The molecule has 0 aromatic heterocycles. The maximum atomic E-state index is 13.1. The summed E-state index contributed by atoms with van der Waals surface area (Å²) < 4.78 is 86.3. The van der Waals surface area contributed by atoms with Crippen molar-refractivity contribution in [3.63, 3.8) is 0 Å². The molecule has 0 amide bonds. The highest BCUT2D eigenvalue weighted by atomic mass is 32.2. The molecule has 9 nitrogen and oxygen atoms in total. The molecule has 302 valence electrons. The minimum atomic E-state index is -5.58. The van der Waals surface area contributed by atoms with Crippen molar-refractivity contribution in [2.75, 3.05) is 11.5 Å². The minimum Gasteiger partial charge on any atom is -0.479 e. The number of halogens is 5. The van der Waals surface area contributed by atoms with Crippen LogP contribution < -0.4 is 4.74 Å². The molecule has 1 saturated heterocycles. The number of aliphatic carboxylic acids is 1. The second-order valence-electron chi connectivity index (χ2n) is 16.0. The van der Waals surface area contributed by atoms with Gasteiger partial charge in [0.05, 0.1) is 6.10 Å². The van der Waals surface area contributed by atoms with Crippen molar-refractivity contribution >= 4 is 16.8 Å². The second kappa shape index (κ2) is 17.5. The lowest BCUT2D eigenvalue weighted by Gasteiger charge is -2.53. The molecular formula is C38H55F5O9S. The van der Waals surface area contributed by atoms with Gasteiger partial charge in [0.2, 0.25) is 6.29 Å². The maximum absolute atomic E-state index is 13.1. The first-order valence-corrected chi connectivity index (χ1v) is 20.6. The number of unbranched alkanes of at least 4 members (excludes halogenated alkanes) is 6. The predicted octanol–water partition coefficient (Wildman–Crippen LogP) is 6.25. The normalized spacial score (nSPS) is 34.9. The van der Waals surface area contributed by atoms with Crippen LogP contribution in [-0.2, 0) is 26.8 Å². The van der Waals surface area contributed by atoms with Gasteiger partial charge >= 0.3 is 18.1 Å². The van der Waals surface area contributed by atoms with Crippen LogP contribution in [0.2, 0.25) is 0 Å². The monoisotopic (exact) mass is 782 g/mol. The molecular weight excluding hydrogens is 727 g/mol. The predicted molar refractivity (Wildman–Crippen MR) is 186 cm³/mol. The summed E-state index contributed by atoms with van der Waals surface area (Å²) in [6, 6.07) is 5.71. The SMILES string of the molecule is C[C@]12CC[C@H]3c4ccc(O[C@@H]5O[C@H](C(=O)O)[C@@H](O)[C@H](O)[C@@H]5O)cc4C[C@H](CCCCCCCCC[S@](=O)CCCC(F)(F)C(F)(F)F)[C@H]3[C@H]1CC[C@@H]2O. The summed E-state index contributed by atoms with van der Waals surface area (Å²) >= 11 is 0. The number of ether oxygens (including phenoxy) is 2. The summed E-state index contributed by atoms with van der Waals surface area (Å²) in [5.74, 6) is -4.22. The zero-order valence-electron chi connectivity index (χ0n) is 30.2. The summed E-state index contributed by atoms with van der Waals surface area (Å²) in [4.78, 5) is 11.6. The number of aliphatic hydroxyl groups is 4. The first kappa shape index (κ1) is 42.2. The van der Waals surface area contributed by atoms with E-state index in [0.717, 1.165) is 82.6 Å². The van der Waals surface area contributed by atoms with Crippen LogP contribution in [0.3, 0.4) is 0 Å². The molecule has 3 fully saturated rings. The second-order valence-corrected chi connectivity index (χ2v) is 17.7. The van der Waals surface area contributed by atoms with Gasteiger partial charge in [-0.15, -0.1) is 0 Å². The van der Waals surface area contributed by atoms with Gasteiger partial charge in [0.25, 0.3) is 0 Å². The first-order chi connectivity index (χ1) is 24.9. The number of hydrogen-bond acceptors (Lipinski definition) is 8. The van der Waals surface area contributed by atoms with E-state index < -0.39 is 72.4 Å².